The average molecular weight is 312 g/mol. The summed E-state index contributed by atoms with van der Waals surface area (Å²) in [6.07, 6.45) is -0.426. The molecule has 2 aromatic rings. The molecular weight excluding hydrogens is 288 g/mol. The molecule has 2 rings (SSSR count). The van der Waals surface area contributed by atoms with Crippen LogP contribution in [0.4, 0.5) is 16.2 Å². The molecular formula is C19H24N2O2. The Bertz CT molecular complexity index is 609. The van der Waals surface area contributed by atoms with E-state index in [0.29, 0.717) is 12.6 Å². The Hall–Kier alpha value is -2.49. The van der Waals surface area contributed by atoms with Gasteiger partial charge < -0.3 is 9.64 Å². The predicted octanol–water partition coefficient (Wildman–Crippen LogP) is 4.67. The maximum atomic E-state index is 11.4. The number of nitrogens with one attached hydrogen (secondary N) is 1. The maximum Gasteiger partial charge on any atom is 0.411 e. The number of hydrogen-bond donors (Lipinski definition) is 1. The number of carbonyl (C=O) groups excluding carboxylic acids is 1. The third kappa shape index (κ3) is 5.02. The van der Waals surface area contributed by atoms with Gasteiger partial charge in [0.05, 0.1) is 6.61 Å². The van der Waals surface area contributed by atoms with Gasteiger partial charge in [-0.25, -0.2) is 4.79 Å². The second kappa shape index (κ2) is 8.22. The van der Waals surface area contributed by atoms with Crippen LogP contribution in [0.5, 0.6) is 0 Å². The molecule has 23 heavy (non-hydrogen) atoms. The number of anilines is 2. The van der Waals surface area contributed by atoms with Gasteiger partial charge in [-0.3, -0.25) is 5.32 Å². The van der Waals surface area contributed by atoms with Crippen molar-refractivity contribution in [1.29, 1.82) is 0 Å². The van der Waals surface area contributed by atoms with Crippen molar-refractivity contribution in [3.8, 4) is 0 Å². The van der Waals surface area contributed by atoms with E-state index in [1.165, 1.54) is 5.56 Å². The molecule has 2 aromatic carbocycles. The van der Waals surface area contributed by atoms with Crippen LogP contribution in [-0.4, -0.2) is 18.7 Å². The summed E-state index contributed by atoms with van der Waals surface area (Å²) in [6, 6.07) is 18.6. The van der Waals surface area contributed by atoms with Crippen LogP contribution in [0.1, 0.15) is 26.3 Å². The number of hydrogen-bond acceptors (Lipinski definition) is 3. The number of rotatable bonds is 6. The Kier molecular flexibility index (Phi) is 6.03. The number of nitrogens with zero attached hydrogens (tertiary/aromatic N) is 1. The third-order valence-electron chi connectivity index (χ3n) is 3.54. The van der Waals surface area contributed by atoms with Crippen molar-refractivity contribution in [3.05, 3.63) is 60.2 Å². The van der Waals surface area contributed by atoms with Crippen LogP contribution >= 0.6 is 0 Å². The highest BCUT2D eigenvalue weighted by atomic mass is 16.5. The van der Waals surface area contributed by atoms with Crippen LogP contribution in [0.25, 0.3) is 0 Å². The van der Waals surface area contributed by atoms with Crippen molar-refractivity contribution in [3.63, 3.8) is 0 Å². The van der Waals surface area contributed by atoms with Gasteiger partial charge in [0.15, 0.2) is 0 Å². The van der Waals surface area contributed by atoms with E-state index in [2.05, 4.69) is 48.3 Å². The topological polar surface area (TPSA) is 41.6 Å². The molecule has 0 atom stereocenters. The van der Waals surface area contributed by atoms with Crippen molar-refractivity contribution < 1.29 is 9.53 Å². The Labute approximate surface area is 138 Å². The number of ether oxygens (including phenoxy) is 1. The van der Waals surface area contributed by atoms with Crippen molar-refractivity contribution in [2.75, 3.05) is 16.8 Å². The molecule has 0 saturated carbocycles. The van der Waals surface area contributed by atoms with Gasteiger partial charge in [0.1, 0.15) is 0 Å². The molecule has 1 N–H and O–H groups in total. The highest BCUT2D eigenvalue weighted by Gasteiger charge is 2.11. The van der Waals surface area contributed by atoms with E-state index in [1.807, 2.05) is 30.3 Å². The molecule has 0 aliphatic heterocycles. The first-order chi connectivity index (χ1) is 11.1. The molecule has 0 spiro atoms. The number of amides is 1. The molecule has 4 nitrogen and oxygen atoms in total. The minimum Gasteiger partial charge on any atom is -0.450 e. The normalized spacial score (nSPS) is 10.4. The minimum absolute atomic E-state index is 0.363. The highest BCUT2D eigenvalue weighted by Crippen LogP contribution is 2.22. The van der Waals surface area contributed by atoms with Crippen LogP contribution in [-0.2, 0) is 11.3 Å². The predicted molar refractivity (Wildman–Crippen MR) is 94.8 cm³/mol. The van der Waals surface area contributed by atoms with E-state index in [-0.39, 0.29) is 0 Å². The monoisotopic (exact) mass is 312 g/mol. The SMILES string of the molecule is CCOC(=O)Nc1ccc(N(Cc2ccccc2)C(C)C)cc1. The fraction of sp³-hybridized carbons (Fsp3) is 0.316. The summed E-state index contributed by atoms with van der Waals surface area (Å²) in [7, 11) is 0. The van der Waals surface area contributed by atoms with Gasteiger partial charge in [-0.2, -0.15) is 0 Å². The molecule has 0 aromatic heterocycles. The van der Waals surface area contributed by atoms with Crippen LogP contribution in [0, 0.1) is 0 Å². The fourth-order valence-corrected chi connectivity index (χ4v) is 2.37. The zero-order valence-corrected chi connectivity index (χ0v) is 14.0. The average Bonchev–Trinajstić information content (AvgIpc) is 2.54. The van der Waals surface area contributed by atoms with Crippen LogP contribution in [0.15, 0.2) is 54.6 Å². The molecule has 0 saturated heterocycles. The third-order valence-corrected chi connectivity index (χ3v) is 3.54. The lowest BCUT2D eigenvalue weighted by Gasteiger charge is -2.29. The van der Waals surface area contributed by atoms with Crippen molar-refractivity contribution in [1.82, 2.24) is 0 Å². The Balaban J connectivity index is 2.09. The molecule has 0 aliphatic rings. The molecule has 0 aliphatic carbocycles. The summed E-state index contributed by atoms with van der Waals surface area (Å²) in [6.45, 7) is 7.35. The number of carbonyl (C=O) groups is 1. The molecule has 1 amide bonds. The lowest BCUT2D eigenvalue weighted by atomic mass is 10.1. The standard InChI is InChI=1S/C19H24N2O2/c1-4-23-19(22)20-17-10-12-18(13-11-17)21(15(2)3)14-16-8-6-5-7-9-16/h5-13,15H,4,14H2,1-3H3,(H,20,22). The first-order valence-corrected chi connectivity index (χ1v) is 7.94. The van der Waals surface area contributed by atoms with E-state index in [9.17, 15) is 4.79 Å². The summed E-state index contributed by atoms with van der Waals surface area (Å²) in [5.74, 6) is 0. The highest BCUT2D eigenvalue weighted by molar-refractivity contribution is 5.84. The summed E-state index contributed by atoms with van der Waals surface area (Å²) in [4.78, 5) is 13.8. The van der Waals surface area contributed by atoms with Gasteiger partial charge >= 0.3 is 6.09 Å². The largest absolute Gasteiger partial charge is 0.450 e. The van der Waals surface area contributed by atoms with Gasteiger partial charge in [-0.05, 0) is 50.6 Å². The van der Waals surface area contributed by atoms with E-state index in [0.717, 1.165) is 17.9 Å². The van der Waals surface area contributed by atoms with Gasteiger partial charge in [-0.15, -0.1) is 0 Å². The van der Waals surface area contributed by atoms with E-state index in [4.69, 9.17) is 4.74 Å². The number of benzene rings is 2. The molecule has 4 heteroatoms. The quantitative estimate of drug-likeness (QED) is 0.842. The fourth-order valence-electron chi connectivity index (χ4n) is 2.37. The Morgan fingerprint density at radius 3 is 2.30 bits per heavy atom. The lowest BCUT2D eigenvalue weighted by Crippen LogP contribution is -2.30. The molecule has 0 fully saturated rings. The zero-order valence-electron chi connectivity index (χ0n) is 14.0. The van der Waals surface area contributed by atoms with Crippen molar-refractivity contribution in [2.24, 2.45) is 0 Å². The molecule has 122 valence electrons. The van der Waals surface area contributed by atoms with Crippen molar-refractivity contribution >= 4 is 17.5 Å². The first-order valence-electron chi connectivity index (χ1n) is 7.94. The summed E-state index contributed by atoms with van der Waals surface area (Å²) < 4.78 is 4.88. The lowest BCUT2D eigenvalue weighted by molar-refractivity contribution is 0.168. The molecule has 0 radical (unpaired) electrons. The molecule has 0 heterocycles. The van der Waals surface area contributed by atoms with Gasteiger partial charge in [0.2, 0.25) is 0 Å². The van der Waals surface area contributed by atoms with Crippen LogP contribution < -0.4 is 10.2 Å². The van der Waals surface area contributed by atoms with E-state index < -0.39 is 6.09 Å². The van der Waals surface area contributed by atoms with Crippen molar-refractivity contribution in [2.45, 2.75) is 33.4 Å². The van der Waals surface area contributed by atoms with E-state index >= 15 is 0 Å². The van der Waals surface area contributed by atoms with Gasteiger partial charge in [0.25, 0.3) is 0 Å². The van der Waals surface area contributed by atoms with Crippen LogP contribution in [0.3, 0.4) is 0 Å². The smallest absolute Gasteiger partial charge is 0.411 e. The van der Waals surface area contributed by atoms with E-state index in [1.54, 1.807) is 6.92 Å². The van der Waals surface area contributed by atoms with Gasteiger partial charge in [0, 0.05) is 24.0 Å². The Morgan fingerprint density at radius 1 is 1.09 bits per heavy atom. The Morgan fingerprint density at radius 2 is 1.74 bits per heavy atom. The summed E-state index contributed by atoms with van der Waals surface area (Å²) in [5.41, 5.74) is 3.13. The maximum absolute atomic E-state index is 11.4. The molecule has 0 unspecified atom stereocenters. The minimum atomic E-state index is -0.426. The second-order valence-corrected chi connectivity index (χ2v) is 5.60. The summed E-state index contributed by atoms with van der Waals surface area (Å²) >= 11 is 0. The second-order valence-electron chi connectivity index (χ2n) is 5.60. The summed E-state index contributed by atoms with van der Waals surface area (Å²) in [5, 5.41) is 2.71. The van der Waals surface area contributed by atoms with Gasteiger partial charge in [-0.1, -0.05) is 30.3 Å². The first kappa shape index (κ1) is 16.9. The van der Waals surface area contributed by atoms with Crippen LogP contribution in [0.2, 0.25) is 0 Å². The molecule has 0 bridgehead atoms. The zero-order chi connectivity index (χ0) is 16.7.